The van der Waals surface area contributed by atoms with Crippen LogP contribution in [0.2, 0.25) is 5.02 Å². The molecule has 1 unspecified atom stereocenters. The van der Waals surface area contributed by atoms with Crippen molar-refractivity contribution in [2.24, 2.45) is 0 Å². The van der Waals surface area contributed by atoms with Crippen molar-refractivity contribution in [1.29, 1.82) is 0 Å². The van der Waals surface area contributed by atoms with Crippen LogP contribution < -0.4 is 10.2 Å². The third kappa shape index (κ3) is 4.02. The van der Waals surface area contributed by atoms with Gasteiger partial charge in [-0.3, -0.25) is 14.5 Å². The average molecular weight is 485 g/mol. The molecule has 1 saturated heterocycles. The number of fused-ring (bicyclic) bond motifs is 2. The lowest BCUT2D eigenvalue weighted by Crippen LogP contribution is -2.38. The summed E-state index contributed by atoms with van der Waals surface area (Å²) in [7, 11) is 1.45. The molecule has 1 amide bonds. The second kappa shape index (κ2) is 9.29. The molecule has 3 aromatic rings. The quantitative estimate of drug-likeness (QED) is 0.573. The summed E-state index contributed by atoms with van der Waals surface area (Å²) in [5, 5.41) is 10.8. The molecule has 9 heteroatoms. The highest BCUT2D eigenvalue weighted by atomic mass is 35.5. The van der Waals surface area contributed by atoms with Crippen molar-refractivity contribution in [1.82, 2.24) is 9.80 Å². The number of halogens is 1. The van der Waals surface area contributed by atoms with Crippen LogP contribution in [0, 0.1) is 0 Å². The highest BCUT2D eigenvalue weighted by Crippen LogP contribution is 2.40. The summed E-state index contributed by atoms with van der Waals surface area (Å²) < 4.78 is 16.6. The highest BCUT2D eigenvalue weighted by molar-refractivity contribution is 6.31. The topological polar surface area (TPSA) is 92.5 Å². The molecule has 8 nitrogen and oxygen atoms in total. The van der Waals surface area contributed by atoms with Gasteiger partial charge in [-0.25, -0.2) is 0 Å². The number of carbonyl (C=O) groups excluding carboxylic acids is 1. The van der Waals surface area contributed by atoms with E-state index in [0.717, 1.165) is 26.1 Å². The van der Waals surface area contributed by atoms with Crippen molar-refractivity contribution in [3.05, 3.63) is 68.5 Å². The van der Waals surface area contributed by atoms with E-state index in [1.165, 1.54) is 13.2 Å². The van der Waals surface area contributed by atoms with Crippen LogP contribution in [0.15, 0.2) is 45.6 Å². The Morgan fingerprint density at radius 3 is 2.68 bits per heavy atom. The number of morpholine rings is 1. The van der Waals surface area contributed by atoms with Gasteiger partial charge >= 0.3 is 0 Å². The number of ether oxygens (including phenoxy) is 2. The van der Waals surface area contributed by atoms with Gasteiger partial charge in [-0.15, -0.1) is 0 Å². The first kappa shape index (κ1) is 22.7. The fourth-order valence-electron chi connectivity index (χ4n) is 4.72. The molecule has 0 spiro atoms. The molecular weight excluding hydrogens is 460 g/mol. The van der Waals surface area contributed by atoms with Crippen molar-refractivity contribution in [3.63, 3.8) is 0 Å². The Labute approximate surface area is 201 Å². The zero-order valence-electron chi connectivity index (χ0n) is 18.8. The fraction of sp³-hybridized carbons (Fsp3) is 0.360. The Hall–Kier alpha value is -3.07. The predicted octanol–water partition coefficient (Wildman–Crippen LogP) is 3.43. The van der Waals surface area contributed by atoms with E-state index >= 15 is 0 Å². The van der Waals surface area contributed by atoms with Gasteiger partial charge in [0, 0.05) is 31.2 Å². The summed E-state index contributed by atoms with van der Waals surface area (Å²) in [6.45, 7) is 4.38. The zero-order valence-corrected chi connectivity index (χ0v) is 19.5. The SMILES string of the molecule is COc1cc(C2c3c(oc4ccc(Cl)cc4c3=O)C(=O)N2CCCN2CCOCC2)ccc1O. The second-order valence-corrected chi connectivity index (χ2v) is 8.89. The number of hydrogen-bond donors (Lipinski definition) is 1. The van der Waals surface area contributed by atoms with Crippen LogP contribution in [0.4, 0.5) is 0 Å². The van der Waals surface area contributed by atoms with E-state index in [4.69, 9.17) is 25.5 Å². The van der Waals surface area contributed by atoms with E-state index in [1.807, 2.05) is 0 Å². The monoisotopic (exact) mass is 484 g/mol. The average Bonchev–Trinajstić information content (AvgIpc) is 3.12. The van der Waals surface area contributed by atoms with E-state index in [0.29, 0.717) is 41.3 Å². The van der Waals surface area contributed by atoms with Gasteiger partial charge in [0.15, 0.2) is 16.9 Å². The number of aromatic hydroxyl groups is 1. The molecule has 0 saturated carbocycles. The summed E-state index contributed by atoms with van der Waals surface area (Å²) in [5.74, 6) is -0.0434. The van der Waals surface area contributed by atoms with Gasteiger partial charge in [0.1, 0.15) is 5.58 Å². The normalized spacial score (nSPS) is 18.5. The first-order valence-corrected chi connectivity index (χ1v) is 11.6. The molecule has 0 radical (unpaired) electrons. The lowest BCUT2D eigenvalue weighted by atomic mass is 9.98. The third-order valence-electron chi connectivity index (χ3n) is 6.42. The van der Waals surface area contributed by atoms with Crippen LogP contribution in [0.25, 0.3) is 11.0 Å². The van der Waals surface area contributed by atoms with Gasteiger partial charge in [-0.1, -0.05) is 17.7 Å². The maximum atomic E-state index is 13.6. The molecule has 2 aromatic carbocycles. The van der Waals surface area contributed by atoms with Crippen LogP contribution >= 0.6 is 11.6 Å². The largest absolute Gasteiger partial charge is 0.504 e. The number of hydrogen-bond acceptors (Lipinski definition) is 7. The smallest absolute Gasteiger partial charge is 0.290 e. The van der Waals surface area contributed by atoms with Crippen LogP contribution in [0.5, 0.6) is 11.5 Å². The van der Waals surface area contributed by atoms with Crippen LogP contribution in [0.3, 0.4) is 0 Å². The van der Waals surface area contributed by atoms with Gasteiger partial charge in [-0.2, -0.15) is 0 Å². The summed E-state index contributed by atoms with van der Waals surface area (Å²) in [5.41, 5.74) is 0.958. The Balaban J connectivity index is 1.56. The number of benzene rings is 2. The summed E-state index contributed by atoms with van der Waals surface area (Å²) in [6, 6.07) is 8.97. The zero-order chi connectivity index (χ0) is 23.8. The van der Waals surface area contributed by atoms with Crippen LogP contribution in [-0.2, 0) is 4.74 Å². The standard InChI is InChI=1S/C25H25ClN2O6/c1-32-20-13-15(3-5-18(20)29)22-21-23(30)17-14-16(26)4-6-19(17)34-24(21)25(31)28(22)8-2-7-27-9-11-33-12-10-27/h3-6,13-14,22,29H,2,7-12H2,1H3. The summed E-state index contributed by atoms with van der Waals surface area (Å²) in [6.07, 6.45) is 0.727. The van der Waals surface area contributed by atoms with E-state index < -0.39 is 6.04 Å². The first-order chi connectivity index (χ1) is 16.5. The number of rotatable bonds is 6. The van der Waals surface area contributed by atoms with Gasteiger partial charge in [-0.05, 0) is 42.3 Å². The lowest BCUT2D eigenvalue weighted by molar-refractivity contribution is 0.0353. The predicted molar refractivity (Wildman–Crippen MR) is 127 cm³/mol. The van der Waals surface area contributed by atoms with Crippen LogP contribution in [-0.4, -0.2) is 67.3 Å². The molecule has 3 heterocycles. The molecular formula is C25H25ClN2O6. The van der Waals surface area contributed by atoms with Crippen molar-refractivity contribution >= 4 is 28.5 Å². The molecule has 178 valence electrons. The van der Waals surface area contributed by atoms with Gasteiger partial charge < -0.3 is 23.9 Å². The second-order valence-electron chi connectivity index (χ2n) is 8.45. The minimum absolute atomic E-state index is 0.0213. The first-order valence-electron chi connectivity index (χ1n) is 11.2. The fourth-order valence-corrected chi connectivity index (χ4v) is 4.90. The van der Waals surface area contributed by atoms with Crippen molar-refractivity contribution in [3.8, 4) is 11.5 Å². The van der Waals surface area contributed by atoms with E-state index in [-0.39, 0.29) is 34.2 Å². The Bertz CT molecular complexity index is 1300. The lowest BCUT2D eigenvalue weighted by Gasteiger charge is -2.29. The van der Waals surface area contributed by atoms with E-state index in [1.54, 1.807) is 35.2 Å². The number of amides is 1. The van der Waals surface area contributed by atoms with Gasteiger partial charge in [0.2, 0.25) is 5.76 Å². The number of methoxy groups -OCH3 is 1. The molecule has 1 N–H and O–H groups in total. The molecule has 5 rings (SSSR count). The summed E-state index contributed by atoms with van der Waals surface area (Å²) >= 11 is 6.14. The van der Waals surface area contributed by atoms with E-state index in [2.05, 4.69) is 4.90 Å². The van der Waals surface area contributed by atoms with Gasteiger partial charge in [0.25, 0.3) is 5.91 Å². The maximum Gasteiger partial charge on any atom is 0.290 e. The third-order valence-corrected chi connectivity index (χ3v) is 6.66. The highest BCUT2D eigenvalue weighted by Gasteiger charge is 2.42. The summed E-state index contributed by atoms with van der Waals surface area (Å²) in [4.78, 5) is 31.1. The molecule has 1 aromatic heterocycles. The minimum atomic E-state index is -0.665. The number of phenols is 1. The molecule has 34 heavy (non-hydrogen) atoms. The van der Waals surface area contributed by atoms with Crippen molar-refractivity contribution in [2.75, 3.05) is 46.5 Å². The van der Waals surface area contributed by atoms with Crippen molar-refractivity contribution in [2.45, 2.75) is 12.5 Å². The Morgan fingerprint density at radius 2 is 1.91 bits per heavy atom. The Morgan fingerprint density at radius 1 is 1.12 bits per heavy atom. The van der Waals surface area contributed by atoms with Crippen molar-refractivity contribution < 1.29 is 23.8 Å². The maximum absolute atomic E-state index is 13.6. The molecule has 0 aliphatic carbocycles. The van der Waals surface area contributed by atoms with Crippen LogP contribution in [0.1, 0.15) is 34.1 Å². The number of phenolic OH excluding ortho intramolecular Hbond substituents is 1. The van der Waals surface area contributed by atoms with Gasteiger partial charge in [0.05, 0.1) is 37.3 Å². The molecule has 2 aliphatic rings. The molecule has 1 fully saturated rings. The number of carbonyl (C=O) groups is 1. The minimum Gasteiger partial charge on any atom is -0.504 e. The van der Waals surface area contributed by atoms with E-state index in [9.17, 15) is 14.7 Å². The number of nitrogens with zero attached hydrogens (tertiary/aromatic N) is 2. The Kier molecular flexibility index (Phi) is 6.20. The molecule has 1 atom stereocenters. The molecule has 0 bridgehead atoms. The molecule has 2 aliphatic heterocycles.